The Labute approximate surface area is 132 Å². The molecule has 7 heteroatoms. The van der Waals surface area contributed by atoms with Crippen LogP contribution in [0, 0.1) is 11.6 Å². The number of halogens is 3. The minimum atomic E-state index is -0.981. The van der Waals surface area contributed by atoms with Gasteiger partial charge in [-0.3, -0.25) is 0 Å². The van der Waals surface area contributed by atoms with Gasteiger partial charge in [0.2, 0.25) is 0 Å². The van der Waals surface area contributed by atoms with Crippen molar-refractivity contribution in [2.45, 2.75) is 0 Å². The topological polar surface area (TPSA) is 43.6 Å². The van der Waals surface area contributed by atoms with Crippen LogP contribution in [0.1, 0.15) is 10.4 Å². The number of benzene rings is 1. The average molecular weight is 367 g/mol. The second kappa shape index (κ2) is 5.49. The number of ether oxygens (including phenoxy) is 1. The van der Waals surface area contributed by atoms with Crippen LogP contribution in [-0.2, 0) is 4.74 Å². The quantitative estimate of drug-likeness (QED) is 0.511. The Bertz CT molecular complexity index is 893. The van der Waals surface area contributed by atoms with Crippen LogP contribution in [0.2, 0.25) is 0 Å². The number of methoxy groups -OCH3 is 1. The van der Waals surface area contributed by atoms with Crippen molar-refractivity contribution in [2.24, 2.45) is 0 Å². The number of carbonyl (C=O) groups is 1. The van der Waals surface area contributed by atoms with E-state index in [4.69, 9.17) is 0 Å². The predicted octanol–water partition coefficient (Wildman–Crippen LogP) is 3.83. The third kappa shape index (κ3) is 2.37. The van der Waals surface area contributed by atoms with Crippen molar-refractivity contribution in [1.82, 2.24) is 9.38 Å². The van der Waals surface area contributed by atoms with Gasteiger partial charge in [0.25, 0.3) is 0 Å². The molecular formula is C15H9BrF2N2O2. The molecule has 0 saturated heterocycles. The molecule has 22 heavy (non-hydrogen) atoms. The summed E-state index contributed by atoms with van der Waals surface area (Å²) in [4.78, 5) is 15.8. The molecule has 0 N–H and O–H groups in total. The molecule has 4 nitrogen and oxygen atoms in total. The number of aromatic nitrogens is 2. The SMILES string of the molecule is COC(=O)c1ccn2cc(-c3c(Br)ccc(F)c3F)nc2c1. The molecule has 112 valence electrons. The number of hydrogen-bond donors (Lipinski definition) is 0. The third-order valence-electron chi connectivity index (χ3n) is 3.18. The molecule has 0 fully saturated rings. The lowest BCUT2D eigenvalue weighted by Gasteiger charge is -2.03. The summed E-state index contributed by atoms with van der Waals surface area (Å²) in [6.07, 6.45) is 3.15. The zero-order valence-electron chi connectivity index (χ0n) is 11.3. The zero-order valence-corrected chi connectivity index (χ0v) is 12.9. The third-order valence-corrected chi connectivity index (χ3v) is 3.84. The van der Waals surface area contributed by atoms with Gasteiger partial charge in [0.05, 0.1) is 23.9 Å². The molecule has 0 aliphatic rings. The lowest BCUT2D eigenvalue weighted by Crippen LogP contribution is -2.01. The van der Waals surface area contributed by atoms with Crippen molar-refractivity contribution in [3.05, 3.63) is 58.3 Å². The summed E-state index contributed by atoms with van der Waals surface area (Å²) in [5.74, 6) is -2.43. The fraction of sp³-hybridized carbons (Fsp3) is 0.0667. The van der Waals surface area contributed by atoms with Crippen LogP contribution in [-0.4, -0.2) is 22.5 Å². The number of imidazole rings is 1. The largest absolute Gasteiger partial charge is 0.465 e. The molecule has 3 rings (SSSR count). The molecule has 0 amide bonds. The van der Waals surface area contributed by atoms with E-state index in [9.17, 15) is 13.6 Å². The van der Waals surface area contributed by atoms with E-state index in [0.29, 0.717) is 15.7 Å². The summed E-state index contributed by atoms with van der Waals surface area (Å²) < 4.78 is 34.1. The molecule has 0 aliphatic carbocycles. The highest BCUT2D eigenvalue weighted by Gasteiger charge is 2.17. The minimum Gasteiger partial charge on any atom is -0.465 e. The highest BCUT2D eigenvalue weighted by atomic mass is 79.9. The summed E-state index contributed by atoms with van der Waals surface area (Å²) in [6.45, 7) is 0. The molecule has 0 bridgehead atoms. The van der Waals surface area contributed by atoms with E-state index in [2.05, 4.69) is 25.7 Å². The van der Waals surface area contributed by atoms with Crippen LogP contribution in [0.25, 0.3) is 16.9 Å². The maximum Gasteiger partial charge on any atom is 0.338 e. The standard InChI is InChI=1S/C15H9BrF2N2O2/c1-22-15(21)8-4-5-20-7-11(19-12(20)6-8)13-9(16)2-3-10(17)14(13)18/h2-7H,1H3. The van der Waals surface area contributed by atoms with E-state index < -0.39 is 17.6 Å². The van der Waals surface area contributed by atoms with Crippen molar-refractivity contribution < 1.29 is 18.3 Å². The molecule has 3 aromatic rings. The first-order valence-corrected chi connectivity index (χ1v) is 7.01. The fourth-order valence-electron chi connectivity index (χ4n) is 2.11. The molecule has 2 aromatic heterocycles. The number of rotatable bonds is 2. The van der Waals surface area contributed by atoms with Crippen molar-refractivity contribution in [2.75, 3.05) is 7.11 Å². The number of carbonyl (C=O) groups excluding carboxylic acids is 1. The van der Waals surface area contributed by atoms with Gasteiger partial charge in [-0.05, 0) is 40.2 Å². The van der Waals surface area contributed by atoms with E-state index in [0.717, 1.165) is 6.07 Å². The highest BCUT2D eigenvalue weighted by molar-refractivity contribution is 9.10. The van der Waals surface area contributed by atoms with Gasteiger partial charge in [0.1, 0.15) is 5.65 Å². The molecule has 0 atom stereocenters. The lowest BCUT2D eigenvalue weighted by molar-refractivity contribution is 0.0600. The minimum absolute atomic E-state index is 0.0309. The summed E-state index contributed by atoms with van der Waals surface area (Å²) in [7, 11) is 1.28. The second-order valence-electron chi connectivity index (χ2n) is 4.52. The predicted molar refractivity (Wildman–Crippen MR) is 79.6 cm³/mol. The number of hydrogen-bond acceptors (Lipinski definition) is 3. The number of nitrogens with zero attached hydrogens (tertiary/aromatic N) is 2. The second-order valence-corrected chi connectivity index (χ2v) is 5.37. The van der Waals surface area contributed by atoms with Gasteiger partial charge < -0.3 is 9.14 Å². The van der Waals surface area contributed by atoms with Crippen LogP contribution in [0.15, 0.2) is 41.1 Å². The molecule has 0 saturated carbocycles. The highest BCUT2D eigenvalue weighted by Crippen LogP contribution is 2.31. The summed E-state index contributed by atoms with van der Waals surface area (Å²) >= 11 is 3.19. The lowest BCUT2D eigenvalue weighted by atomic mass is 10.1. The summed E-state index contributed by atoms with van der Waals surface area (Å²) in [5, 5.41) is 0. The maximum atomic E-state index is 14.0. The number of pyridine rings is 1. The molecule has 0 aliphatic heterocycles. The Morgan fingerprint density at radius 1 is 1.32 bits per heavy atom. The van der Waals surface area contributed by atoms with Gasteiger partial charge in [-0.1, -0.05) is 0 Å². The van der Waals surface area contributed by atoms with Gasteiger partial charge >= 0.3 is 5.97 Å². The Hall–Kier alpha value is -2.28. The van der Waals surface area contributed by atoms with Gasteiger partial charge in [-0.2, -0.15) is 0 Å². The molecule has 0 radical (unpaired) electrons. The number of esters is 1. The van der Waals surface area contributed by atoms with Crippen LogP contribution in [0.4, 0.5) is 8.78 Å². The molecule has 0 spiro atoms. The normalized spacial score (nSPS) is 10.9. The van der Waals surface area contributed by atoms with Gasteiger partial charge in [-0.15, -0.1) is 0 Å². The molecule has 2 heterocycles. The Morgan fingerprint density at radius 3 is 2.82 bits per heavy atom. The van der Waals surface area contributed by atoms with Crippen molar-refractivity contribution in [3.8, 4) is 11.3 Å². The van der Waals surface area contributed by atoms with Crippen molar-refractivity contribution >= 4 is 27.5 Å². The van der Waals surface area contributed by atoms with Gasteiger partial charge in [0, 0.05) is 16.9 Å². The van der Waals surface area contributed by atoms with Crippen molar-refractivity contribution in [1.29, 1.82) is 0 Å². The van der Waals surface area contributed by atoms with Gasteiger partial charge in [0.15, 0.2) is 11.6 Å². The maximum absolute atomic E-state index is 14.0. The Kier molecular flexibility index (Phi) is 3.66. The van der Waals surface area contributed by atoms with E-state index >= 15 is 0 Å². The van der Waals surface area contributed by atoms with Crippen LogP contribution < -0.4 is 0 Å². The van der Waals surface area contributed by atoms with Gasteiger partial charge in [-0.25, -0.2) is 18.6 Å². The smallest absolute Gasteiger partial charge is 0.338 e. The summed E-state index contributed by atoms with van der Waals surface area (Å²) in [5.41, 5.74) is 1.04. The first-order chi connectivity index (χ1) is 10.5. The Balaban J connectivity index is 2.17. The number of fused-ring (bicyclic) bond motifs is 1. The Morgan fingerprint density at radius 2 is 2.09 bits per heavy atom. The molecular weight excluding hydrogens is 358 g/mol. The van der Waals surface area contributed by atoms with E-state index in [-0.39, 0.29) is 11.3 Å². The fourth-order valence-corrected chi connectivity index (χ4v) is 2.62. The van der Waals surface area contributed by atoms with Crippen LogP contribution in [0.3, 0.4) is 0 Å². The van der Waals surface area contributed by atoms with Crippen molar-refractivity contribution in [3.63, 3.8) is 0 Å². The van der Waals surface area contributed by atoms with Crippen LogP contribution >= 0.6 is 15.9 Å². The first-order valence-electron chi connectivity index (χ1n) is 6.22. The van der Waals surface area contributed by atoms with Crippen LogP contribution in [0.5, 0.6) is 0 Å². The average Bonchev–Trinajstić information content (AvgIpc) is 2.93. The van der Waals surface area contributed by atoms with E-state index in [1.807, 2.05) is 0 Å². The molecule has 0 unspecified atom stereocenters. The molecule has 1 aromatic carbocycles. The zero-order chi connectivity index (χ0) is 15.9. The van der Waals surface area contributed by atoms with E-state index in [1.165, 1.54) is 19.2 Å². The van der Waals surface area contributed by atoms with E-state index in [1.54, 1.807) is 22.9 Å². The summed E-state index contributed by atoms with van der Waals surface area (Å²) in [6, 6.07) is 5.52. The monoisotopic (exact) mass is 366 g/mol. The first kappa shape index (κ1) is 14.6.